The number of benzene rings is 2. The third kappa shape index (κ3) is 4.63. The SMILES string of the molecule is CC(C)(C)c1ccc(S(=O)(=O)N/N=C/c2ccccc2[N+](=O)[O-])cc1. The van der Waals surface area contributed by atoms with Crippen molar-refractivity contribution in [2.75, 3.05) is 0 Å². The lowest BCUT2D eigenvalue weighted by Gasteiger charge is -2.19. The van der Waals surface area contributed by atoms with Gasteiger partial charge in [0.05, 0.1) is 21.6 Å². The highest BCUT2D eigenvalue weighted by Gasteiger charge is 2.17. The molecule has 0 spiro atoms. The number of hydrazone groups is 1. The molecule has 0 aliphatic heterocycles. The Bertz CT molecular complexity index is 898. The van der Waals surface area contributed by atoms with Crippen LogP contribution in [0.15, 0.2) is 58.5 Å². The summed E-state index contributed by atoms with van der Waals surface area (Å²) in [4.78, 5) is 12.5. The lowest BCUT2D eigenvalue weighted by atomic mass is 9.87. The second-order valence-corrected chi connectivity index (χ2v) is 8.10. The quantitative estimate of drug-likeness (QED) is 0.502. The first kappa shape index (κ1) is 18.6. The van der Waals surface area contributed by atoms with Gasteiger partial charge in [-0.2, -0.15) is 13.5 Å². The van der Waals surface area contributed by atoms with E-state index >= 15 is 0 Å². The van der Waals surface area contributed by atoms with Crippen LogP contribution in [0.3, 0.4) is 0 Å². The Labute approximate surface area is 146 Å². The normalized spacial score (nSPS) is 12.3. The maximum absolute atomic E-state index is 12.2. The summed E-state index contributed by atoms with van der Waals surface area (Å²) in [5.74, 6) is 0. The second kappa shape index (κ2) is 7.02. The number of hydrogen-bond donors (Lipinski definition) is 1. The van der Waals surface area contributed by atoms with Crippen LogP contribution in [0.1, 0.15) is 31.9 Å². The second-order valence-electron chi connectivity index (χ2n) is 6.44. The van der Waals surface area contributed by atoms with Crippen LogP contribution < -0.4 is 4.83 Å². The minimum Gasteiger partial charge on any atom is -0.258 e. The smallest absolute Gasteiger partial charge is 0.258 e. The molecule has 0 saturated heterocycles. The van der Waals surface area contributed by atoms with E-state index in [1.807, 2.05) is 20.8 Å². The standard InChI is InChI=1S/C17H19N3O4S/c1-17(2,3)14-8-10-15(11-9-14)25(23,24)19-18-12-13-6-4-5-7-16(13)20(21)22/h4-12,19H,1-3H3/b18-12+. The molecule has 0 amide bonds. The zero-order valence-electron chi connectivity index (χ0n) is 14.1. The number of hydrogen-bond acceptors (Lipinski definition) is 5. The Morgan fingerprint density at radius 1 is 1.08 bits per heavy atom. The molecular weight excluding hydrogens is 342 g/mol. The number of sulfonamides is 1. The van der Waals surface area contributed by atoms with Gasteiger partial charge in [-0.25, -0.2) is 4.83 Å². The number of nitro groups is 1. The molecule has 7 nitrogen and oxygen atoms in total. The lowest BCUT2D eigenvalue weighted by Crippen LogP contribution is -2.19. The summed E-state index contributed by atoms with van der Waals surface area (Å²) >= 11 is 0. The Kier molecular flexibility index (Phi) is 5.22. The van der Waals surface area contributed by atoms with Gasteiger partial charge >= 0.3 is 0 Å². The molecule has 8 heteroatoms. The fraction of sp³-hybridized carbons (Fsp3) is 0.235. The predicted molar refractivity (Wildman–Crippen MR) is 96.2 cm³/mol. The van der Waals surface area contributed by atoms with Crippen molar-refractivity contribution in [3.8, 4) is 0 Å². The highest BCUT2D eigenvalue weighted by Crippen LogP contribution is 2.23. The Balaban J connectivity index is 2.18. The minimum absolute atomic E-state index is 0.0696. The Hall–Kier alpha value is -2.74. The molecule has 2 aromatic rings. The van der Waals surface area contributed by atoms with Gasteiger partial charge in [-0.3, -0.25) is 10.1 Å². The molecule has 0 saturated carbocycles. The molecular formula is C17H19N3O4S. The average Bonchev–Trinajstić information content (AvgIpc) is 2.54. The summed E-state index contributed by atoms with van der Waals surface area (Å²) in [6.07, 6.45) is 1.11. The van der Waals surface area contributed by atoms with Crippen molar-refractivity contribution in [3.63, 3.8) is 0 Å². The van der Waals surface area contributed by atoms with E-state index in [1.165, 1.54) is 30.3 Å². The molecule has 0 atom stereocenters. The topological polar surface area (TPSA) is 102 Å². The first-order chi connectivity index (χ1) is 11.6. The van der Waals surface area contributed by atoms with Crippen molar-refractivity contribution in [2.24, 2.45) is 5.10 Å². The van der Waals surface area contributed by atoms with Crippen LogP contribution in [-0.2, 0) is 15.4 Å². The summed E-state index contributed by atoms with van der Waals surface area (Å²) in [6, 6.07) is 12.4. The maximum atomic E-state index is 12.2. The van der Waals surface area contributed by atoms with E-state index < -0.39 is 14.9 Å². The largest absolute Gasteiger partial charge is 0.278 e. The molecule has 2 rings (SSSR count). The first-order valence-electron chi connectivity index (χ1n) is 7.50. The van der Waals surface area contributed by atoms with Crippen molar-refractivity contribution < 1.29 is 13.3 Å². The van der Waals surface area contributed by atoms with Gasteiger partial charge in [0, 0.05) is 6.07 Å². The van der Waals surface area contributed by atoms with E-state index in [0.717, 1.165) is 11.8 Å². The summed E-state index contributed by atoms with van der Waals surface area (Å²) in [6.45, 7) is 6.10. The van der Waals surface area contributed by atoms with Gasteiger partial charge in [0.2, 0.25) is 0 Å². The summed E-state index contributed by atoms with van der Waals surface area (Å²) in [7, 11) is -3.84. The molecule has 0 aliphatic carbocycles. The van der Waals surface area contributed by atoms with Crippen molar-refractivity contribution in [2.45, 2.75) is 31.1 Å². The van der Waals surface area contributed by atoms with Gasteiger partial charge in [-0.05, 0) is 29.2 Å². The molecule has 132 valence electrons. The number of para-hydroxylation sites is 1. The molecule has 1 N–H and O–H groups in total. The van der Waals surface area contributed by atoms with Crippen molar-refractivity contribution in [3.05, 3.63) is 69.8 Å². The third-order valence-electron chi connectivity index (χ3n) is 3.54. The average molecular weight is 361 g/mol. The predicted octanol–water partition coefficient (Wildman–Crippen LogP) is 3.20. The number of rotatable bonds is 5. The van der Waals surface area contributed by atoms with Crippen LogP contribution in [-0.4, -0.2) is 19.6 Å². The molecule has 0 bridgehead atoms. The fourth-order valence-corrected chi connectivity index (χ4v) is 2.91. The monoisotopic (exact) mass is 361 g/mol. The number of nitrogens with zero attached hydrogens (tertiary/aromatic N) is 2. The Morgan fingerprint density at radius 3 is 2.24 bits per heavy atom. The van der Waals surface area contributed by atoms with Gasteiger partial charge in [-0.15, -0.1) is 0 Å². The van der Waals surface area contributed by atoms with Crippen LogP contribution >= 0.6 is 0 Å². The van der Waals surface area contributed by atoms with E-state index in [1.54, 1.807) is 18.2 Å². The number of nitrogens with one attached hydrogen (secondary N) is 1. The third-order valence-corrected chi connectivity index (χ3v) is 4.78. The van der Waals surface area contributed by atoms with Gasteiger partial charge in [0.1, 0.15) is 0 Å². The highest BCUT2D eigenvalue weighted by molar-refractivity contribution is 7.89. The molecule has 0 aliphatic rings. The highest BCUT2D eigenvalue weighted by atomic mass is 32.2. The van der Waals surface area contributed by atoms with Gasteiger partial charge in [-0.1, -0.05) is 45.0 Å². The molecule has 25 heavy (non-hydrogen) atoms. The lowest BCUT2D eigenvalue weighted by molar-refractivity contribution is -0.385. The molecule has 0 aromatic heterocycles. The van der Waals surface area contributed by atoms with E-state index in [9.17, 15) is 18.5 Å². The van der Waals surface area contributed by atoms with E-state index in [0.29, 0.717) is 0 Å². The van der Waals surface area contributed by atoms with E-state index in [2.05, 4.69) is 9.93 Å². The first-order valence-corrected chi connectivity index (χ1v) is 8.98. The van der Waals surface area contributed by atoms with Crippen molar-refractivity contribution >= 4 is 21.9 Å². The zero-order chi connectivity index (χ0) is 18.7. The Morgan fingerprint density at radius 2 is 1.68 bits per heavy atom. The number of nitro benzene ring substituents is 1. The summed E-state index contributed by atoms with van der Waals surface area (Å²) in [5, 5.41) is 14.6. The van der Waals surface area contributed by atoms with Crippen LogP contribution in [0.4, 0.5) is 5.69 Å². The summed E-state index contributed by atoms with van der Waals surface area (Å²) in [5.41, 5.74) is 0.980. The molecule has 0 fully saturated rings. The van der Waals surface area contributed by atoms with Gasteiger partial charge in [0.25, 0.3) is 15.7 Å². The van der Waals surface area contributed by atoms with E-state index in [-0.39, 0.29) is 21.6 Å². The van der Waals surface area contributed by atoms with Crippen LogP contribution in [0.5, 0.6) is 0 Å². The molecule has 0 radical (unpaired) electrons. The van der Waals surface area contributed by atoms with Gasteiger partial charge < -0.3 is 0 Å². The van der Waals surface area contributed by atoms with E-state index in [4.69, 9.17) is 0 Å². The van der Waals surface area contributed by atoms with Crippen molar-refractivity contribution in [1.29, 1.82) is 0 Å². The molecule has 2 aromatic carbocycles. The molecule has 0 unspecified atom stereocenters. The van der Waals surface area contributed by atoms with Gasteiger partial charge in [0.15, 0.2) is 0 Å². The zero-order valence-corrected chi connectivity index (χ0v) is 14.9. The fourth-order valence-electron chi connectivity index (χ4n) is 2.12. The summed E-state index contributed by atoms with van der Waals surface area (Å²) < 4.78 is 24.5. The van der Waals surface area contributed by atoms with Crippen LogP contribution in [0, 0.1) is 10.1 Å². The minimum atomic E-state index is -3.84. The van der Waals surface area contributed by atoms with Crippen LogP contribution in [0.25, 0.3) is 0 Å². The van der Waals surface area contributed by atoms with Crippen molar-refractivity contribution in [1.82, 2.24) is 4.83 Å². The van der Waals surface area contributed by atoms with Crippen LogP contribution in [0.2, 0.25) is 0 Å². The molecule has 0 heterocycles. The maximum Gasteiger partial charge on any atom is 0.278 e.